The fourth-order valence-electron chi connectivity index (χ4n) is 2.81. The minimum Gasteiger partial charge on any atom is -0.482 e. The maximum Gasteiger partial charge on any atom is 0.344 e. The lowest BCUT2D eigenvalue weighted by molar-refractivity contribution is -0.148. The summed E-state index contributed by atoms with van der Waals surface area (Å²) in [6.45, 7) is 1.09. The molecule has 3 aromatic rings. The molecule has 1 atom stereocenters. The first-order valence-electron chi connectivity index (χ1n) is 9.97. The van der Waals surface area contributed by atoms with Gasteiger partial charge in [-0.05, 0) is 67.6 Å². The molecule has 1 N–H and O–H groups in total. The summed E-state index contributed by atoms with van der Waals surface area (Å²) in [5, 5.41) is 0. The van der Waals surface area contributed by atoms with Crippen LogP contribution in [0.5, 0.6) is 17.2 Å². The summed E-state index contributed by atoms with van der Waals surface area (Å²) in [5.41, 5.74) is 0.608. The maximum atomic E-state index is 12.5. The van der Waals surface area contributed by atoms with Gasteiger partial charge < -0.3 is 14.2 Å². The highest BCUT2D eigenvalue weighted by atomic mass is 32.2. The first-order chi connectivity index (χ1) is 15.7. The number of hydrogen-bond acceptors (Lipinski definition) is 7. The zero-order chi connectivity index (χ0) is 23.8. The van der Waals surface area contributed by atoms with Crippen molar-refractivity contribution >= 4 is 27.5 Å². The summed E-state index contributed by atoms with van der Waals surface area (Å²) in [7, 11) is -3.41. The van der Waals surface area contributed by atoms with Crippen molar-refractivity contribution in [1.82, 2.24) is 0 Å². The van der Waals surface area contributed by atoms with Crippen LogP contribution in [0.25, 0.3) is 0 Å². The SMILES string of the molecule is CC(OC(=O)COc1ccc(Oc2ccccc2)cc1)C(=O)c1ccc(NS(C)(=O)=O)cc1. The van der Waals surface area contributed by atoms with Crippen LogP contribution in [0.15, 0.2) is 78.9 Å². The first-order valence-corrected chi connectivity index (χ1v) is 11.9. The molecule has 0 radical (unpaired) electrons. The van der Waals surface area contributed by atoms with E-state index >= 15 is 0 Å². The summed E-state index contributed by atoms with van der Waals surface area (Å²) in [6.07, 6.45) is -0.000761. The zero-order valence-corrected chi connectivity index (χ0v) is 18.9. The number of rotatable bonds is 10. The summed E-state index contributed by atoms with van der Waals surface area (Å²) in [4.78, 5) is 24.5. The number of anilines is 1. The van der Waals surface area contributed by atoms with Crippen molar-refractivity contribution in [3.8, 4) is 17.2 Å². The van der Waals surface area contributed by atoms with E-state index in [2.05, 4.69) is 4.72 Å². The van der Waals surface area contributed by atoms with E-state index in [9.17, 15) is 18.0 Å². The Hall–Kier alpha value is -3.85. The number of para-hydroxylation sites is 1. The number of nitrogens with one attached hydrogen (secondary N) is 1. The molecular formula is C24H23NO7S. The third kappa shape index (κ3) is 7.65. The molecule has 0 aliphatic carbocycles. The van der Waals surface area contributed by atoms with Gasteiger partial charge in [-0.25, -0.2) is 13.2 Å². The van der Waals surface area contributed by atoms with Crippen molar-refractivity contribution in [2.24, 2.45) is 0 Å². The Labute approximate surface area is 192 Å². The molecule has 0 spiro atoms. The molecule has 0 aliphatic rings. The van der Waals surface area contributed by atoms with E-state index in [4.69, 9.17) is 14.2 Å². The van der Waals surface area contributed by atoms with Crippen molar-refractivity contribution in [2.45, 2.75) is 13.0 Å². The van der Waals surface area contributed by atoms with E-state index in [1.807, 2.05) is 30.3 Å². The van der Waals surface area contributed by atoms with Gasteiger partial charge in [0.05, 0.1) is 6.26 Å². The van der Waals surface area contributed by atoms with Crippen LogP contribution in [0.1, 0.15) is 17.3 Å². The van der Waals surface area contributed by atoms with Crippen molar-refractivity contribution < 1.29 is 32.2 Å². The molecule has 8 nitrogen and oxygen atoms in total. The zero-order valence-electron chi connectivity index (χ0n) is 18.1. The van der Waals surface area contributed by atoms with E-state index in [-0.39, 0.29) is 12.2 Å². The quantitative estimate of drug-likeness (QED) is 0.353. The van der Waals surface area contributed by atoms with Crippen molar-refractivity contribution in [2.75, 3.05) is 17.6 Å². The normalized spacial score (nSPS) is 11.8. The molecule has 3 aromatic carbocycles. The highest BCUT2D eigenvalue weighted by molar-refractivity contribution is 7.92. The van der Waals surface area contributed by atoms with E-state index in [1.165, 1.54) is 31.2 Å². The van der Waals surface area contributed by atoms with Gasteiger partial charge in [-0.3, -0.25) is 9.52 Å². The van der Waals surface area contributed by atoms with Crippen LogP contribution in [-0.2, 0) is 19.6 Å². The van der Waals surface area contributed by atoms with Gasteiger partial charge in [-0.2, -0.15) is 0 Å². The molecular weight excluding hydrogens is 446 g/mol. The predicted molar refractivity (Wildman–Crippen MR) is 123 cm³/mol. The Morgan fingerprint density at radius 1 is 0.848 bits per heavy atom. The van der Waals surface area contributed by atoms with Gasteiger partial charge in [0.15, 0.2) is 12.7 Å². The number of esters is 1. The summed E-state index contributed by atoms with van der Waals surface area (Å²) >= 11 is 0. The minimum atomic E-state index is -3.41. The van der Waals surface area contributed by atoms with Gasteiger partial charge in [0.1, 0.15) is 17.2 Å². The lowest BCUT2D eigenvalue weighted by Gasteiger charge is -2.13. The van der Waals surface area contributed by atoms with E-state index in [0.29, 0.717) is 22.9 Å². The molecule has 1 unspecified atom stereocenters. The monoisotopic (exact) mass is 469 g/mol. The Bertz CT molecular complexity index is 1190. The van der Waals surface area contributed by atoms with Crippen LogP contribution in [0.3, 0.4) is 0 Å². The van der Waals surface area contributed by atoms with Gasteiger partial charge in [0.25, 0.3) is 0 Å². The highest BCUT2D eigenvalue weighted by Gasteiger charge is 2.20. The van der Waals surface area contributed by atoms with Gasteiger partial charge >= 0.3 is 5.97 Å². The average Bonchev–Trinajstić information content (AvgIpc) is 2.78. The van der Waals surface area contributed by atoms with Crippen LogP contribution in [0.2, 0.25) is 0 Å². The second-order valence-corrected chi connectivity index (χ2v) is 8.87. The van der Waals surface area contributed by atoms with Crippen LogP contribution < -0.4 is 14.2 Å². The summed E-state index contributed by atoms with van der Waals surface area (Å²) < 4.78 is 41.1. The summed E-state index contributed by atoms with van der Waals surface area (Å²) in [6, 6.07) is 21.9. The largest absolute Gasteiger partial charge is 0.482 e. The van der Waals surface area contributed by atoms with Gasteiger partial charge in [-0.15, -0.1) is 0 Å². The van der Waals surface area contributed by atoms with E-state index in [0.717, 1.165) is 6.26 Å². The van der Waals surface area contributed by atoms with Gasteiger partial charge in [0, 0.05) is 11.3 Å². The Morgan fingerprint density at radius 2 is 1.42 bits per heavy atom. The number of hydrogen-bond donors (Lipinski definition) is 1. The summed E-state index contributed by atoms with van der Waals surface area (Å²) in [5.74, 6) is 0.649. The molecule has 172 valence electrons. The Kier molecular flexibility index (Phi) is 7.68. The van der Waals surface area contributed by atoms with Gasteiger partial charge in [0.2, 0.25) is 15.8 Å². The maximum absolute atomic E-state index is 12.5. The topological polar surface area (TPSA) is 108 Å². The van der Waals surface area contributed by atoms with Crippen LogP contribution in [0.4, 0.5) is 5.69 Å². The van der Waals surface area contributed by atoms with Gasteiger partial charge in [-0.1, -0.05) is 18.2 Å². The van der Waals surface area contributed by atoms with Crippen LogP contribution >= 0.6 is 0 Å². The number of ketones is 1. The third-order valence-corrected chi connectivity index (χ3v) is 4.92. The van der Waals surface area contributed by atoms with Crippen LogP contribution in [-0.4, -0.2) is 39.1 Å². The van der Waals surface area contributed by atoms with Crippen LogP contribution in [0, 0.1) is 0 Å². The fraction of sp³-hybridized carbons (Fsp3) is 0.167. The smallest absolute Gasteiger partial charge is 0.344 e. The molecule has 3 rings (SSSR count). The molecule has 9 heteroatoms. The van der Waals surface area contributed by atoms with E-state index < -0.39 is 27.9 Å². The standard InChI is InChI=1S/C24H23NO7S/c1-17(24(27)18-8-10-19(11-9-18)25-33(2,28)29)31-23(26)16-30-20-12-14-22(15-13-20)32-21-6-4-3-5-7-21/h3-15,17,25H,16H2,1-2H3. The first kappa shape index (κ1) is 23.8. The molecule has 0 saturated heterocycles. The molecule has 0 heterocycles. The molecule has 0 saturated carbocycles. The third-order valence-electron chi connectivity index (χ3n) is 4.31. The van der Waals surface area contributed by atoms with Crippen molar-refractivity contribution in [1.29, 1.82) is 0 Å². The number of carbonyl (C=O) groups excluding carboxylic acids is 2. The number of sulfonamides is 1. The second-order valence-electron chi connectivity index (χ2n) is 7.12. The van der Waals surface area contributed by atoms with Crippen molar-refractivity contribution in [3.05, 3.63) is 84.4 Å². The number of benzene rings is 3. The molecule has 0 aromatic heterocycles. The minimum absolute atomic E-state index is 0.282. The second kappa shape index (κ2) is 10.6. The fourth-order valence-corrected chi connectivity index (χ4v) is 3.37. The number of ether oxygens (including phenoxy) is 3. The highest BCUT2D eigenvalue weighted by Crippen LogP contribution is 2.23. The average molecular weight is 470 g/mol. The van der Waals surface area contributed by atoms with E-state index in [1.54, 1.807) is 24.3 Å². The molecule has 0 amide bonds. The molecule has 0 bridgehead atoms. The lowest BCUT2D eigenvalue weighted by atomic mass is 10.1. The Morgan fingerprint density at radius 3 is 2.03 bits per heavy atom. The number of Topliss-reactive ketones (excluding diaryl/α,β-unsaturated/α-hetero) is 1. The lowest BCUT2D eigenvalue weighted by Crippen LogP contribution is -2.27. The Balaban J connectivity index is 1.47. The molecule has 0 aliphatic heterocycles. The molecule has 0 fully saturated rings. The predicted octanol–water partition coefficient (Wildman–Crippen LogP) is 4.04. The van der Waals surface area contributed by atoms with Crippen molar-refractivity contribution in [3.63, 3.8) is 0 Å². The number of carbonyl (C=O) groups is 2. The molecule has 33 heavy (non-hydrogen) atoms.